The molecule has 4 nitrogen and oxygen atoms in total. The van der Waals surface area contributed by atoms with Gasteiger partial charge in [0.05, 0.1) is 12.7 Å². The lowest BCUT2D eigenvalue weighted by Gasteiger charge is -2.18. The van der Waals surface area contributed by atoms with Crippen LogP contribution < -0.4 is 11.5 Å². The molecule has 0 saturated heterocycles. The summed E-state index contributed by atoms with van der Waals surface area (Å²) >= 11 is 0. The van der Waals surface area contributed by atoms with Gasteiger partial charge < -0.3 is 16.2 Å². The molecule has 2 rings (SSSR count). The van der Waals surface area contributed by atoms with E-state index in [1.54, 1.807) is 12.1 Å². The monoisotopic (exact) mass is 248 g/mol. The summed E-state index contributed by atoms with van der Waals surface area (Å²) in [6.07, 6.45) is 3.75. The third-order valence-corrected chi connectivity index (χ3v) is 3.59. The molecule has 0 aromatic heterocycles. The molecule has 2 unspecified atom stereocenters. The van der Waals surface area contributed by atoms with Crippen molar-refractivity contribution >= 4 is 5.91 Å². The van der Waals surface area contributed by atoms with E-state index in [4.69, 9.17) is 16.2 Å². The van der Waals surface area contributed by atoms with Gasteiger partial charge in [-0.25, -0.2) is 0 Å². The van der Waals surface area contributed by atoms with Gasteiger partial charge in [-0.2, -0.15) is 0 Å². The Hall–Kier alpha value is -1.39. The minimum absolute atomic E-state index is 0.283. The Labute approximate surface area is 107 Å². The summed E-state index contributed by atoms with van der Waals surface area (Å²) in [4.78, 5) is 10.9. The highest BCUT2D eigenvalue weighted by Gasteiger charge is 2.26. The summed E-state index contributed by atoms with van der Waals surface area (Å²) in [6, 6.07) is 7.23. The summed E-state index contributed by atoms with van der Waals surface area (Å²) < 4.78 is 5.90. The second kappa shape index (κ2) is 5.98. The summed E-state index contributed by atoms with van der Waals surface area (Å²) in [5.74, 6) is 0.0938. The number of amides is 1. The number of nitrogens with two attached hydrogens (primary N) is 2. The van der Waals surface area contributed by atoms with Gasteiger partial charge in [-0.05, 0) is 43.0 Å². The number of rotatable bonds is 5. The van der Waals surface area contributed by atoms with Gasteiger partial charge in [0.2, 0.25) is 5.91 Å². The van der Waals surface area contributed by atoms with E-state index < -0.39 is 5.91 Å². The van der Waals surface area contributed by atoms with Gasteiger partial charge in [0.1, 0.15) is 0 Å². The van der Waals surface area contributed by atoms with Gasteiger partial charge in [0.25, 0.3) is 0 Å². The molecule has 0 heterocycles. The molecule has 1 aromatic rings. The fourth-order valence-electron chi connectivity index (χ4n) is 2.46. The highest BCUT2D eigenvalue weighted by molar-refractivity contribution is 5.92. The van der Waals surface area contributed by atoms with Gasteiger partial charge in [0, 0.05) is 5.56 Å². The van der Waals surface area contributed by atoms with Crippen molar-refractivity contribution in [3.63, 3.8) is 0 Å². The second-order valence-electron chi connectivity index (χ2n) is 4.84. The Morgan fingerprint density at radius 1 is 1.28 bits per heavy atom. The van der Waals surface area contributed by atoms with E-state index in [1.165, 1.54) is 12.8 Å². The molecule has 2 atom stereocenters. The number of benzene rings is 1. The van der Waals surface area contributed by atoms with Crippen LogP contribution in [0.3, 0.4) is 0 Å². The lowest BCUT2D eigenvalue weighted by Crippen LogP contribution is -2.25. The average molecular weight is 248 g/mol. The first-order chi connectivity index (χ1) is 8.70. The van der Waals surface area contributed by atoms with Crippen LogP contribution in [-0.4, -0.2) is 18.6 Å². The predicted octanol–water partition coefficient (Wildman–Crippen LogP) is 1.43. The topological polar surface area (TPSA) is 78.3 Å². The van der Waals surface area contributed by atoms with Crippen molar-refractivity contribution in [3.05, 3.63) is 35.4 Å². The zero-order valence-corrected chi connectivity index (χ0v) is 10.5. The van der Waals surface area contributed by atoms with E-state index in [2.05, 4.69) is 0 Å². The van der Waals surface area contributed by atoms with Gasteiger partial charge in [0.15, 0.2) is 0 Å². The Kier molecular flexibility index (Phi) is 4.33. The highest BCUT2D eigenvalue weighted by Crippen LogP contribution is 2.28. The Morgan fingerprint density at radius 3 is 2.61 bits per heavy atom. The van der Waals surface area contributed by atoms with Crippen LogP contribution >= 0.6 is 0 Å². The standard InChI is InChI=1S/C14H20N2O2/c15-8-12-2-1-3-13(12)18-9-10-4-6-11(7-5-10)14(16)17/h4-7,12-13H,1-3,8-9,15H2,(H2,16,17). The lowest BCUT2D eigenvalue weighted by molar-refractivity contribution is 0.0182. The van der Waals surface area contributed by atoms with Crippen molar-refractivity contribution < 1.29 is 9.53 Å². The molecule has 0 aliphatic heterocycles. The largest absolute Gasteiger partial charge is 0.373 e. The molecule has 1 amide bonds. The molecule has 0 radical (unpaired) electrons. The van der Waals surface area contributed by atoms with Gasteiger partial charge in [-0.3, -0.25) is 4.79 Å². The number of primary amides is 1. The molecule has 1 aromatic carbocycles. The van der Waals surface area contributed by atoms with Crippen molar-refractivity contribution in [1.29, 1.82) is 0 Å². The molecule has 1 aliphatic carbocycles. The molecule has 98 valence electrons. The second-order valence-corrected chi connectivity index (χ2v) is 4.84. The van der Waals surface area contributed by atoms with Crippen LogP contribution in [0.1, 0.15) is 35.2 Å². The van der Waals surface area contributed by atoms with Crippen LogP contribution in [0.15, 0.2) is 24.3 Å². The summed E-state index contributed by atoms with van der Waals surface area (Å²) in [5, 5.41) is 0. The highest BCUT2D eigenvalue weighted by atomic mass is 16.5. The molecule has 0 bridgehead atoms. The number of ether oxygens (including phenoxy) is 1. The third-order valence-electron chi connectivity index (χ3n) is 3.59. The molecular weight excluding hydrogens is 228 g/mol. The minimum Gasteiger partial charge on any atom is -0.373 e. The number of hydrogen-bond donors (Lipinski definition) is 2. The molecule has 4 N–H and O–H groups in total. The summed E-state index contributed by atoms with van der Waals surface area (Å²) in [5.41, 5.74) is 12.5. The van der Waals surface area contributed by atoms with Gasteiger partial charge in [-0.1, -0.05) is 18.6 Å². The first-order valence-electron chi connectivity index (χ1n) is 6.41. The van der Waals surface area contributed by atoms with Gasteiger partial charge in [-0.15, -0.1) is 0 Å². The SMILES string of the molecule is NCC1CCCC1OCc1ccc(C(N)=O)cc1. The quantitative estimate of drug-likeness (QED) is 0.827. The average Bonchev–Trinajstić information content (AvgIpc) is 2.84. The predicted molar refractivity (Wildman–Crippen MR) is 69.9 cm³/mol. The molecule has 4 heteroatoms. The van der Waals surface area contributed by atoms with Crippen molar-refractivity contribution in [2.24, 2.45) is 17.4 Å². The van der Waals surface area contributed by atoms with E-state index in [0.29, 0.717) is 24.6 Å². The zero-order valence-electron chi connectivity index (χ0n) is 10.5. The van der Waals surface area contributed by atoms with Crippen molar-refractivity contribution in [2.75, 3.05) is 6.54 Å². The molecule has 1 saturated carbocycles. The molecule has 1 aliphatic rings. The fourth-order valence-corrected chi connectivity index (χ4v) is 2.46. The third kappa shape index (κ3) is 3.09. The van der Waals surface area contributed by atoms with Crippen LogP contribution in [0.2, 0.25) is 0 Å². The fraction of sp³-hybridized carbons (Fsp3) is 0.500. The van der Waals surface area contributed by atoms with E-state index in [-0.39, 0.29) is 6.10 Å². The number of hydrogen-bond acceptors (Lipinski definition) is 3. The van der Waals surface area contributed by atoms with Crippen molar-refractivity contribution in [1.82, 2.24) is 0 Å². The van der Waals surface area contributed by atoms with Crippen LogP contribution in [0.25, 0.3) is 0 Å². The lowest BCUT2D eigenvalue weighted by atomic mass is 10.1. The molecular formula is C14H20N2O2. The normalized spacial score (nSPS) is 23.2. The summed E-state index contributed by atoms with van der Waals surface area (Å²) in [7, 11) is 0. The first-order valence-corrected chi connectivity index (χ1v) is 6.41. The van der Waals surface area contributed by atoms with E-state index in [1.807, 2.05) is 12.1 Å². The van der Waals surface area contributed by atoms with E-state index in [9.17, 15) is 4.79 Å². The smallest absolute Gasteiger partial charge is 0.248 e. The number of carbonyl (C=O) groups is 1. The maximum absolute atomic E-state index is 10.9. The first kappa shape index (κ1) is 13.1. The van der Waals surface area contributed by atoms with Crippen LogP contribution in [-0.2, 0) is 11.3 Å². The van der Waals surface area contributed by atoms with Crippen LogP contribution in [0.5, 0.6) is 0 Å². The minimum atomic E-state index is -0.401. The van der Waals surface area contributed by atoms with E-state index in [0.717, 1.165) is 12.0 Å². The summed E-state index contributed by atoms with van der Waals surface area (Å²) in [6.45, 7) is 1.27. The van der Waals surface area contributed by atoms with Crippen molar-refractivity contribution in [2.45, 2.75) is 32.0 Å². The van der Waals surface area contributed by atoms with E-state index >= 15 is 0 Å². The Bertz CT molecular complexity index is 403. The zero-order chi connectivity index (χ0) is 13.0. The van der Waals surface area contributed by atoms with Crippen LogP contribution in [0.4, 0.5) is 0 Å². The van der Waals surface area contributed by atoms with Gasteiger partial charge >= 0.3 is 0 Å². The molecule has 0 spiro atoms. The maximum atomic E-state index is 10.9. The van der Waals surface area contributed by atoms with Crippen molar-refractivity contribution in [3.8, 4) is 0 Å². The molecule has 18 heavy (non-hydrogen) atoms. The maximum Gasteiger partial charge on any atom is 0.248 e. The number of carbonyl (C=O) groups excluding carboxylic acids is 1. The Balaban J connectivity index is 1.88. The Morgan fingerprint density at radius 2 is 2.00 bits per heavy atom. The molecule has 1 fully saturated rings. The van der Waals surface area contributed by atoms with Crippen LogP contribution in [0, 0.1) is 5.92 Å².